The third-order valence-corrected chi connectivity index (χ3v) is 5.80. The van der Waals surface area contributed by atoms with Gasteiger partial charge in [-0.05, 0) is 43.2 Å². The largest absolute Gasteiger partial charge is 0.416 e. The van der Waals surface area contributed by atoms with Crippen LogP contribution in [-0.4, -0.2) is 47.9 Å². The molecule has 0 bridgehead atoms. The first-order valence-corrected chi connectivity index (χ1v) is 10.6. The van der Waals surface area contributed by atoms with Crippen molar-refractivity contribution in [2.45, 2.75) is 12.7 Å². The lowest BCUT2D eigenvalue weighted by molar-refractivity contribution is -0.137. The van der Waals surface area contributed by atoms with Gasteiger partial charge in [0.15, 0.2) is 0 Å². The third kappa shape index (κ3) is 5.65. The maximum absolute atomic E-state index is 13.1. The lowest BCUT2D eigenvalue weighted by Gasteiger charge is -2.24. The molecule has 9 heteroatoms. The number of halogens is 3. The van der Waals surface area contributed by atoms with E-state index in [1.807, 2.05) is 35.8 Å². The molecule has 0 saturated carbocycles. The maximum atomic E-state index is 13.1. The Balaban J connectivity index is 1.82. The Bertz CT molecular complexity index is 952. The van der Waals surface area contributed by atoms with E-state index >= 15 is 0 Å². The van der Waals surface area contributed by atoms with Crippen molar-refractivity contribution in [3.8, 4) is 10.6 Å². The summed E-state index contributed by atoms with van der Waals surface area (Å²) in [5, 5.41) is 6.35. The minimum atomic E-state index is -4.42. The van der Waals surface area contributed by atoms with E-state index in [9.17, 15) is 18.0 Å². The zero-order valence-electron chi connectivity index (χ0n) is 15.9. The van der Waals surface area contributed by atoms with Crippen LogP contribution in [0.15, 0.2) is 46.5 Å². The van der Waals surface area contributed by atoms with Crippen LogP contribution in [0, 0.1) is 0 Å². The van der Waals surface area contributed by atoms with Gasteiger partial charge in [-0.1, -0.05) is 12.1 Å². The molecule has 29 heavy (non-hydrogen) atoms. The molecule has 0 unspecified atom stereocenters. The van der Waals surface area contributed by atoms with Gasteiger partial charge in [-0.15, -0.1) is 11.3 Å². The van der Waals surface area contributed by atoms with Crippen molar-refractivity contribution in [2.24, 2.45) is 0 Å². The minimum absolute atomic E-state index is 0.0852. The third-order valence-electron chi connectivity index (χ3n) is 4.22. The van der Waals surface area contributed by atoms with Crippen molar-refractivity contribution < 1.29 is 18.0 Å². The monoisotopic (exact) mass is 439 g/mol. The number of thiophene rings is 1. The van der Waals surface area contributed by atoms with Gasteiger partial charge in [0.05, 0.1) is 5.56 Å². The van der Waals surface area contributed by atoms with Crippen LogP contribution in [0.2, 0.25) is 0 Å². The van der Waals surface area contributed by atoms with Crippen molar-refractivity contribution in [2.75, 3.05) is 27.2 Å². The fraction of sp³-hybridized carbons (Fsp3) is 0.300. The molecule has 0 N–H and O–H groups in total. The molecule has 3 rings (SSSR count). The lowest BCUT2D eigenvalue weighted by Crippen LogP contribution is -2.36. The van der Waals surface area contributed by atoms with Gasteiger partial charge in [0.2, 0.25) is 0 Å². The van der Waals surface area contributed by atoms with Gasteiger partial charge < -0.3 is 9.80 Å². The van der Waals surface area contributed by atoms with Crippen molar-refractivity contribution in [3.05, 3.63) is 63.3 Å². The number of alkyl halides is 3. The summed E-state index contributed by atoms with van der Waals surface area (Å²) >= 11 is 2.93. The van der Waals surface area contributed by atoms with Crippen LogP contribution in [0.25, 0.3) is 10.6 Å². The number of carbonyl (C=O) groups excluding carboxylic acids is 1. The Labute approximate surface area is 175 Å². The Morgan fingerprint density at radius 2 is 1.93 bits per heavy atom. The van der Waals surface area contributed by atoms with Crippen molar-refractivity contribution in [1.29, 1.82) is 0 Å². The fourth-order valence-corrected chi connectivity index (χ4v) is 4.20. The van der Waals surface area contributed by atoms with Gasteiger partial charge in [-0.25, -0.2) is 4.98 Å². The number of rotatable bonds is 7. The Morgan fingerprint density at radius 1 is 1.14 bits per heavy atom. The molecule has 0 fully saturated rings. The second kappa shape index (κ2) is 9.06. The molecule has 0 atom stereocenters. The summed E-state index contributed by atoms with van der Waals surface area (Å²) in [6.45, 7) is 1.06. The molecular formula is C20H20F3N3OS2. The summed E-state index contributed by atoms with van der Waals surface area (Å²) in [4.78, 5) is 21.0. The number of thiazole rings is 1. The first kappa shape index (κ1) is 21.5. The molecule has 154 valence electrons. The van der Waals surface area contributed by atoms with Crippen LogP contribution >= 0.6 is 22.7 Å². The van der Waals surface area contributed by atoms with E-state index in [2.05, 4.69) is 4.98 Å². The van der Waals surface area contributed by atoms with Gasteiger partial charge >= 0.3 is 6.18 Å². The van der Waals surface area contributed by atoms with E-state index < -0.39 is 11.7 Å². The molecule has 2 aromatic heterocycles. The van der Waals surface area contributed by atoms with E-state index in [1.165, 1.54) is 17.4 Å². The van der Waals surface area contributed by atoms with Crippen LogP contribution in [-0.2, 0) is 12.7 Å². The molecular weight excluding hydrogens is 419 g/mol. The zero-order valence-corrected chi connectivity index (χ0v) is 17.6. The standard InChI is InChI=1S/C20H20F3N3OS2/c1-25(2)7-8-26(11-14-4-3-5-16(10-14)20(21,22)23)19(27)17-13-29-18(24-17)15-6-9-28-12-15/h3-6,9-10,12-13H,7-8,11H2,1-2H3. The molecule has 3 aromatic rings. The number of benzene rings is 1. The number of carbonyl (C=O) groups is 1. The first-order chi connectivity index (χ1) is 13.7. The van der Waals surface area contributed by atoms with Gasteiger partial charge in [0.1, 0.15) is 10.7 Å². The number of nitrogens with zero attached hydrogens (tertiary/aromatic N) is 3. The smallest absolute Gasteiger partial charge is 0.332 e. The van der Waals surface area contributed by atoms with Crippen molar-refractivity contribution in [1.82, 2.24) is 14.8 Å². The summed E-state index contributed by atoms with van der Waals surface area (Å²) < 4.78 is 39.1. The number of likely N-dealkylation sites (N-methyl/N-ethyl adjacent to an activating group) is 1. The molecule has 2 heterocycles. The number of hydrogen-bond donors (Lipinski definition) is 0. The van der Waals surface area contributed by atoms with Crippen molar-refractivity contribution in [3.63, 3.8) is 0 Å². The highest BCUT2D eigenvalue weighted by Gasteiger charge is 2.30. The average molecular weight is 440 g/mol. The average Bonchev–Trinajstić information content (AvgIpc) is 3.35. The van der Waals surface area contributed by atoms with E-state index in [1.54, 1.807) is 27.7 Å². The predicted molar refractivity (Wildman–Crippen MR) is 110 cm³/mol. The fourth-order valence-electron chi connectivity index (χ4n) is 2.69. The lowest BCUT2D eigenvalue weighted by atomic mass is 10.1. The summed E-state index contributed by atoms with van der Waals surface area (Å²) in [5.41, 5.74) is 0.974. The second-order valence-electron chi connectivity index (χ2n) is 6.78. The van der Waals surface area contributed by atoms with Gasteiger partial charge in [0, 0.05) is 36.0 Å². The van der Waals surface area contributed by atoms with Gasteiger partial charge in [-0.2, -0.15) is 24.5 Å². The first-order valence-electron chi connectivity index (χ1n) is 8.82. The number of aromatic nitrogens is 1. The van der Waals surface area contributed by atoms with Crippen LogP contribution in [0.1, 0.15) is 21.6 Å². The van der Waals surface area contributed by atoms with E-state index in [4.69, 9.17) is 0 Å². The molecule has 4 nitrogen and oxygen atoms in total. The van der Waals surface area contributed by atoms with E-state index in [0.29, 0.717) is 24.3 Å². The normalized spacial score (nSPS) is 11.8. The number of amides is 1. The molecule has 0 aliphatic rings. The number of hydrogen-bond acceptors (Lipinski definition) is 5. The Hall–Kier alpha value is -2.23. The summed E-state index contributed by atoms with van der Waals surface area (Å²) in [6.07, 6.45) is -4.42. The Kier molecular flexibility index (Phi) is 6.71. The predicted octanol–water partition coefficient (Wildman–Crippen LogP) is 5.09. The van der Waals surface area contributed by atoms with Crippen LogP contribution in [0.5, 0.6) is 0 Å². The molecule has 0 aliphatic heterocycles. The van der Waals surface area contributed by atoms with E-state index in [-0.39, 0.29) is 12.5 Å². The molecule has 0 spiro atoms. The molecule has 1 amide bonds. The quantitative estimate of drug-likeness (QED) is 0.514. The molecule has 0 aliphatic carbocycles. The molecule has 0 radical (unpaired) electrons. The van der Waals surface area contributed by atoms with Crippen LogP contribution in [0.3, 0.4) is 0 Å². The summed E-state index contributed by atoms with van der Waals surface area (Å²) in [7, 11) is 3.76. The molecule has 0 saturated heterocycles. The van der Waals surface area contributed by atoms with Gasteiger partial charge in [0.25, 0.3) is 5.91 Å². The van der Waals surface area contributed by atoms with E-state index in [0.717, 1.165) is 22.7 Å². The summed E-state index contributed by atoms with van der Waals surface area (Å²) in [5.74, 6) is -0.290. The van der Waals surface area contributed by atoms with Gasteiger partial charge in [-0.3, -0.25) is 4.79 Å². The topological polar surface area (TPSA) is 36.4 Å². The summed E-state index contributed by atoms with van der Waals surface area (Å²) in [6, 6.07) is 7.02. The van der Waals surface area contributed by atoms with Crippen LogP contribution in [0.4, 0.5) is 13.2 Å². The maximum Gasteiger partial charge on any atom is 0.416 e. The zero-order chi connectivity index (χ0) is 21.0. The minimum Gasteiger partial charge on any atom is -0.332 e. The highest BCUT2D eigenvalue weighted by molar-refractivity contribution is 7.14. The SMILES string of the molecule is CN(C)CCN(Cc1cccc(C(F)(F)F)c1)C(=O)c1csc(-c2ccsc2)n1. The highest BCUT2D eigenvalue weighted by atomic mass is 32.1. The second-order valence-corrected chi connectivity index (χ2v) is 8.42. The Morgan fingerprint density at radius 3 is 2.59 bits per heavy atom. The van der Waals surface area contributed by atoms with Crippen molar-refractivity contribution >= 4 is 28.6 Å². The highest BCUT2D eigenvalue weighted by Crippen LogP contribution is 2.30. The molecule has 1 aromatic carbocycles. The van der Waals surface area contributed by atoms with Crippen LogP contribution < -0.4 is 0 Å².